The summed E-state index contributed by atoms with van der Waals surface area (Å²) in [6, 6.07) is 11.3. The summed E-state index contributed by atoms with van der Waals surface area (Å²) in [5.74, 6) is -0.383. The first-order chi connectivity index (χ1) is 16.0. The summed E-state index contributed by atoms with van der Waals surface area (Å²) in [5, 5.41) is 24.8. The normalized spacial score (nSPS) is 11.1. The lowest BCUT2D eigenvalue weighted by Gasteiger charge is -2.15. The molecule has 0 saturated carbocycles. The summed E-state index contributed by atoms with van der Waals surface area (Å²) in [6.45, 7) is 0. The molecule has 3 rings (SSSR count). The predicted octanol–water partition coefficient (Wildman–Crippen LogP) is 5.93. The number of amides is 1. The molecule has 0 aliphatic rings. The molecule has 0 aliphatic carbocycles. The number of ether oxygens (including phenoxy) is 1. The van der Waals surface area contributed by atoms with Crippen LogP contribution in [0.4, 0.5) is 30.2 Å². The van der Waals surface area contributed by atoms with Crippen molar-refractivity contribution in [2.45, 2.75) is 16.0 Å². The predicted molar refractivity (Wildman–Crippen MR) is 116 cm³/mol. The van der Waals surface area contributed by atoms with E-state index in [1.165, 1.54) is 25.3 Å². The van der Waals surface area contributed by atoms with Crippen molar-refractivity contribution in [1.82, 2.24) is 0 Å². The number of methoxy groups -OCH3 is 1. The van der Waals surface area contributed by atoms with E-state index < -0.39 is 38.9 Å². The van der Waals surface area contributed by atoms with Crippen molar-refractivity contribution in [3.05, 3.63) is 92.0 Å². The van der Waals surface area contributed by atoms with E-state index in [0.717, 1.165) is 30.3 Å². The van der Waals surface area contributed by atoms with Crippen LogP contribution in [0.1, 0.15) is 15.9 Å². The van der Waals surface area contributed by atoms with E-state index in [9.17, 15) is 38.2 Å². The van der Waals surface area contributed by atoms with E-state index >= 15 is 0 Å². The Morgan fingerprint density at radius 1 is 0.971 bits per heavy atom. The fourth-order valence-corrected chi connectivity index (χ4v) is 3.79. The van der Waals surface area contributed by atoms with Gasteiger partial charge in [0.1, 0.15) is 5.75 Å². The highest BCUT2D eigenvalue weighted by molar-refractivity contribution is 7.99. The fourth-order valence-electron chi connectivity index (χ4n) is 2.82. The summed E-state index contributed by atoms with van der Waals surface area (Å²) in [5.41, 5.74) is -2.32. The van der Waals surface area contributed by atoms with Crippen LogP contribution in [0, 0.1) is 20.2 Å². The van der Waals surface area contributed by atoms with Crippen molar-refractivity contribution >= 4 is 34.7 Å². The maximum Gasteiger partial charge on any atom is 0.416 e. The maximum atomic E-state index is 13.3. The molecular formula is C21H14F3N3O6S. The summed E-state index contributed by atoms with van der Waals surface area (Å²) in [6.07, 6.45) is -4.71. The zero-order valence-corrected chi connectivity index (χ0v) is 18.0. The summed E-state index contributed by atoms with van der Waals surface area (Å²) in [4.78, 5) is 33.4. The van der Waals surface area contributed by atoms with Gasteiger partial charge in [0.2, 0.25) is 0 Å². The Morgan fingerprint density at radius 2 is 1.68 bits per heavy atom. The second-order valence-electron chi connectivity index (χ2n) is 6.66. The molecule has 3 aromatic carbocycles. The van der Waals surface area contributed by atoms with Crippen LogP contribution in [0.3, 0.4) is 0 Å². The van der Waals surface area contributed by atoms with E-state index in [2.05, 4.69) is 5.32 Å². The Morgan fingerprint density at radius 3 is 2.29 bits per heavy atom. The average molecular weight is 493 g/mol. The molecule has 13 heteroatoms. The number of rotatable bonds is 7. The molecule has 0 bridgehead atoms. The Kier molecular flexibility index (Phi) is 7.05. The second kappa shape index (κ2) is 9.79. The van der Waals surface area contributed by atoms with Gasteiger partial charge in [-0.25, -0.2) is 0 Å². The van der Waals surface area contributed by atoms with E-state index in [-0.39, 0.29) is 21.0 Å². The number of nitrogens with one attached hydrogen (secondary N) is 1. The van der Waals surface area contributed by atoms with Crippen LogP contribution in [-0.2, 0) is 6.18 Å². The Hall–Kier alpha value is -4.13. The number of nitro groups is 2. The van der Waals surface area contributed by atoms with Gasteiger partial charge in [-0.2, -0.15) is 13.2 Å². The van der Waals surface area contributed by atoms with Gasteiger partial charge in [-0.05, 0) is 42.5 Å². The molecule has 3 aromatic rings. The van der Waals surface area contributed by atoms with Crippen LogP contribution in [0.15, 0.2) is 70.5 Å². The van der Waals surface area contributed by atoms with Crippen LogP contribution in [-0.4, -0.2) is 22.9 Å². The molecule has 0 radical (unpaired) electrons. The largest absolute Gasteiger partial charge is 0.497 e. The van der Waals surface area contributed by atoms with Gasteiger partial charge < -0.3 is 10.1 Å². The van der Waals surface area contributed by atoms with Crippen molar-refractivity contribution in [2.75, 3.05) is 12.4 Å². The summed E-state index contributed by atoms with van der Waals surface area (Å²) < 4.78 is 44.9. The van der Waals surface area contributed by atoms with Gasteiger partial charge in [-0.1, -0.05) is 17.8 Å². The number of non-ortho nitro benzene ring substituents is 1. The van der Waals surface area contributed by atoms with E-state index in [1.807, 2.05) is 0 Å². The highest BCUT2D eigenvalue weighted by atomic mass is 32.2. The fraction of sp³-hybridized carbons (Fsp3) is 0.0952. The summed E-state index contributed by atoms with van der Waals surface area (Å²) >= 11 is 0.683. The lowest BCUT2D eigenvalue weighted by atomic mass is 10.1. The Labute approximate surface area is 193 Å². The van der Waals surface area contributed by atoms with Crippen molar-refractivity contribution in [1.29, 1.82) is 0 Å². The SMILES string of the molecule is COc1cccc(C(=O)Nc2cc(C(F)(F)F)ccc2Sc2ccc([N+](=O)[O-])cc2[N+](=O)[O-])c1. The smallest absolute Gasteiger partial charge is 0.416 e. The quantitative estimate of drug-likeness (QED) is 0.319. The molecule has 0 fully saturated rings. The lowest BCUT2D eigenvalue weighted by molar-refractivity contribution is -0.396. The molecule has 0 aliphatic heterocycles. The van der Waals surface area contributed by atoms with Gasteiger partial charge >= 0.3 is 6.18 Å². The number of halogens is 3. The molecule has 0 aromatic heterocycles. The topological polar surface area (TPSA) is 125 Å². The monoisotopic (exact) mass is 493 g/mol. The molecule has 1 amide bonds. The number of hydrogen-bond donors (Lipinski definition) is 1. The number of benzene rings is 3. The molecule has 34 heavy (non-hydrogen) atoms. The van der Waals surface area contributed by atoms with Crippen LogP contribution in [0.5, 0.6) is 5.75 Å². The number of carbonyl (C=O) groups is 1. The third-order valence-electron chi connectivity index (χ3n) is 4.46. The lowest BCUT2D eigenvalue weighted by Crippen LogP contribution is -2.14. The number of alkyl halides is 3. The minimum atomic E-state index is -4.71. The minimum Gasteiger partial charge on any atom is -0.497 e. The number of nitro benzene ring substituents is 2. The molecule has 176 valence electrons. The summed E-state index contributed by atoms with van der Waals surface area (Å²) in [7, 11) is 1.38. The molecule has 0 spiro atoms. The third kappa shape index (κ3) is 5.61. The molecule has 0 saturated heterocycles. The molecular weight excluding hydrogens is 479 g/mol. The first-order valence-corrected chi connectivity index (χ1v) is 10.1. The molecule has 1 N–H and O–H groups in total. The minimum absolute atomic E-state index is 0.0567. The standard InChI is InChI=1S/C21H14F3N3O6S/c1-33-15-4-2-3-12(9-15)20(28)25-16-10-13(21(22,23)24)5-7-18(16)34-19-8-6-14(26(29)30)11-17(19)27(31)32/h2-11H,1H3,(H,25,28). The number of anilines is 1. The highest BCUT2D eigenvalue weighted by Gasteiger charge is 2.32. The molecule has 0 heterocycles. The molecule has 9 nitrogen and oxygen atoms in total. The second-order valence-corrected chi connectivity index (χ2v) is 7.75. The molecule has 0 atom stereocenters. The van der Waals surface area contributed by atoms with Crippen molar-refractivity contribution in [2.24, 2.45) is 0 Å². The zero-order valence-electron chi connectivity index (χ0n) is 17.2. The van der Waals surface area contributed by atoms with Crippen LogP contribution in [0.2, 0.25) is 0 Å². The van der Waals surface area contributed by atoms with Gasteiger partial charge in [0.25, 0.3) is 17.3 Å². The highest BCUT2D eigenvalue weighted by Crippen LogP contribution is 2.42. The number of nitrogens with zero attached hydrogens (tertiary/aromatic N) is 2. The van der Waals surface area contributed by atoms with Gasteiger partial charge in [-0.3, -0.25) is 25.0 Å². The van der Waals surface area contributed by atoms with Crippen molar-refractivity contribution in [3.8, 4) is 5.75 Å². The third-order valence-corrected chi connectivity index (χ3v) is 5.60. The van der Waals surface area contributed by atoms with Gasteiger partial charge in [0.15, 0.2) is 0 Å². The Balaban J connectivity index is 2.03. The maximum absolute atomic E-state index is 13.3. The van der Waals surface area contributed by atoms with Crippen LogP contribution < -0.4 is 10.1 Å². The van der Waals surface area contributed by atoms with Crippen molar-refractivity contribution in [3.63, 3.8) is 0 Å². The van der Waals surface area contributed by atoms with E-state index in [1.54, 1.807) is 6.07 Å². The average Bonchev–Trinajstić information content (AvgIpc) is 2.79. The van der Waals surface area contributed by atoms with Crippen LogP contribution in [0.25, 0.3) is 0 Å². The van der Waals surface area contributed by atoms with Gasteiger partial charge in [0.05, 0.1) is 39.2 Å². The Bertz CT molecular complexity index is 1280. The number of hydrogen-bond acceptors (Lipinski definition) is 7. The van der Waals surface area contributed by atoms with Crippen LogP contribution >= 0.6 is 11.8 Å². The zero-order chi connectivity index (χ0) is 25.0. The molecule has 0 unspecified atom stereocenters. The van der Waals surface area contributed by atoms with Gasteiger partial charge in [-0.15, -0.1) is 0 Å². The van der Waals surface area contributed by atoms with E-state index in [4.69, 9.17) is 4.74 Å². The number of carbonyl (C=O) groups excluding carboxylic acids is 1. The van der Waals surface area contributed by atoms with E-state index in [0.29, 0.717) is 23.6 Å². The van der Waals surface area contributed by atoms with Gasteiger partial charge in [0, 0.05) is 16.5 Å². The first-order valence-electron chi connectivity index (χ1n) is 9.27. The van der Waals surface area contributed by atoms with Crippen molar-refractivity contribution < 1.29 is 32.5 Å². The first kappa shape index (κ1) is 24.5.